The van der Waals surface area contributed by atoms with Crippen LogP contribution in [0.15, 0.2) is 12.1 Å². The molecule has 1 rings (SSSR count). The number of alkyl halides is 2. The largest absolute Gasteiger partial charge is 0.493 e. The molecule has 0 aliphatic carbocycles. The molecule has 128 valence electrons. The van der Waals surface area contributed by atoms with Crippen LogP contribution >= 0.6 is 23.2 Å². The third-order valence-electron chi connectivity index (χ3n) is 2.83. The number of carbonyl (C=O) groups excluding carboxylic acids is 2. The van der Waals surface area contributed by atoms with Gasteiger partial charge in [-0.2, -0.15) is 0 Å². The molecule has 0 aliphatic heterocycles. The molecule has 23 heavy (non-hydrogen) atoms. The van der Waals surface area contributed by atoms with Crippen LogP contribution in [0.5, 0.6) is 17.2 Å². The second-order valence-corrected chi connectivity index (χ2v) is 5.36. The van der Waals surface area contributed by atoms with Gasteiger partial charge >= 0.3 is 0 Å². The Hall–Kier alpha value is -1.86. The lowest BCUT2D eigenvalue weighted by Crippen LogP contribution is -2.36. The molecule has 7 nitrogen and oxygen atoms in total. The average molecular weight is 365 g/mol. The second-order valence-electron chi connectivity index (χ2n) is 4.26. The summed E-state index contributed by atoms with van der Waals surface area (Å²) < 4.78 is 15.5. The molecule has 0 fully saturated rings. The zero-order valence-corrected chi connectivity index (χ0v) is 14.5. The molecule has 2 N–H and O–H groups in total. The van der Waals surface area contributed by atoms with Crippen LogP contribution < -0.4 is 24.8 Å². The minimum absolute atomic E-state index is 0.199. The average Bonchev–Trinajstić information content (AvgIpc) is 2.56. The van der Waals surface area contributed by atoms with Crippen molar-refractivity contribution in [3.63, 3.8) is 0 Å². The van der Waals surface area contributed by atoms with Gasteiger partial charge in [-0.3, -0.25) is 9.59 Å². The predicted octanol–water partition coefficient (Wildman–Crippen LogP) is 1.36. The van der Waals surface area contributed by atoms with E-state index >= 15 is 0 Å². The number of nitrogens with one attached hydrogen (secondary N) is 2. The van der Waals surface area contributed by atoms with Gasteiger partial charge in [-0.1, -0.05) is 23.2 Å². The molecule has 1 aromatic rings. The molecule has 0 saturated heterocycles. The molecule has 0 radical (unpaired) electrons. The number of ether oxygens (including phenoxy) is 3. The van der Waals surface area contributed by atoms with E-state index in [9.17, 15) is 9.59 Å². The standard InChI is InChI=1S/C14H18Cl2N2O5/c1-21-9-6-8(7-10(22-2)11(9)23-3)13(19)17-4-5-18-14(20)12(15)16/h6-7,12H,4-5H2,1-3H3,(H,17,19)(H,18,20). The smallest absolute Gasteiger partial charge is 0.253 e. The molecule has 1 aromatic carbocycles. The summed E-state index contributed by atoms with van der Waals surface area (Å²) in [5.41, 5.74) is 0.332. The van der Waals surface area contributed by atoms with Crippen LogP contribution in [0.25, 0.3) is 0 Å². The van der Waals surface area contributed by atoms with Crippen molar-refractivity contribution in [3.8, 4) is 17.2 Å². The van der Waals surface area contributed by atoms with Crippen molar-refractivity contribution in [1.29, 1.82) is 0 Å². The summed E-state index contributed by atoms with van der Waals surface area (Å²) in [5, 5.41) is 5.11. The normalized spacial score (nSPS) is 10.2. The SMILES string of the molecule is COc1cc(C(=O)NCCNC(=O)C(Cl)Cl)cc(OC)c1OC. The van der Waals surface area contributed by atoms with Crippen molar-refractivity contribution in [2.75, 3.05) is 34.4 Å². The van der Waals surface area contributed by atoms with E-state index < -0.39 is 10.7 Å². The lowest BCUT2D eigenvalue weighted by Gasteiger charge is -2.14. The zero-order chi connectivity index (χ0) is 17.4. The highest BCUT2D eigenvalue weighted by atomic mass is 35.5. The van der Waals surface area contributed by atoms with Crippen molar-refractivity contribution >= 4 is 35.0 Å². The van der Waals surface area contributed by atoms with Gasteiger partial charge in [-0.25, -0.2) is 0 Å². The fourth-order valence-corrected chi connectivity index (χ4v) is 1.91. The third-order valence-corrected chi connectivity index (χ3v) is 3.23. The van der Waals surface area contributed by atoms with Crippen molar-refractivity contribution in [3.05, 3.63) is 17.7 Å². The fraction of sp³-hybridized carbons (Fsp3) is 0.429. The highest BCUT2D eigenvalue weighted by Gasteiger charge is 2.17. The maximum atomic E-state index is 12.1. The summed E-state index contributed by atoms with van der Waals surface area (Å²) in [4.78, 5) is 22.2. The molecule has 0 saturated carbocycles. The van der Waals surface area contributed by atoms with E-state index in [1.165, 1.54) is 33.5 Å². The zero-order valence-electron chi connectivity index (χ0n) is 12.9. The Morgan fingerprint density at radius 3 is 1.96 bits per heavy atom. The second kappa shape index (κ2) is 9.32. The Labute approximate surface area is 144 Å². The summed E-state index contributed by atoms with van der Waals surface area (Å²) in [6.45, 7) is 0.409. The Kier molecular flexibility index (Phi) is 7.77. The maximum absolute atomic E-state index is 12.1. The quantitative estimate of drug-likeness (QED) is 0.537. The topological polar surface area (TPSA) is 85.9 Å². The first kappa shape index (κ1) is 19.2. The third kappa shape index (κ3) is 5.37. The van der Waals surface area contributed by atoms with E-state index in [-0.39, 0.29) is 19.0 Å². The summed E-state index contributed by atoms with van der Waals surface area (Å²) in [6, 6.07) is 3.06. The van der Waals surface area contributed by atoms with Gasteiger partial charge in [-0.05, 0) is 12.1 Å². The van der Waals surface area contributed by atoms with Gasteiger partial charge in [0.15, 0.2) is 16.3 Å². The van der Waals surface area contributed by atoms with Crippen LogP contribution in [-0.2, 0) is 4.79 Å². The minimum atomic E-state index is -1.14. The molecule has 0 aromatic heterocycles. The highest BCUT2D eigenvalue weighted by molar-refractivity contribution is 6.53. The van der Waals surface area contributed by atoms with Crippen molar-refractivity contribution in [2.24, 2.45) is 0 Å². The number of carbonyl (C=O) groups is 2. The van der Waals surface area contributed by atoms with Gasteiger partial charge in [-0.15, -0.1) is 0 Å². The number of hydrogen-bond acceptors (Lipinski definition) is 5. The van der Waals surface area contributed by atoms with Crippen LogP contribution in [-0.4, -0.2) is 51.1 Å². The van der Waals surface area contributed by atoms with E-state index in [2.05, 4.69) is 10.6 Å². The lowest BCUT2D eigenvalue weighted by molar-refractivity contribution is -0.119. The van der Waals surface area contributed by atoms with Crippen LogP contribution in [0, 0.1) is 0 Å². The number of methoxy groups -OCH3 is 3. The van der Waals surface area contributed by atoms with Crippen LogP contribution in [0.2, 0.25) is 0 Å². The Balaban J connectivity index is 2.71. The predicted molar refractivity (Wildman–Crippen MR) is 86.9 cm³/mol. The molecule has 2 amide bonds. The van der Waals surface area contributed by atoms with E-state index in [0.29, 0.717) is 22.8 Å². The van der Waals surface area contributed by atoms with Crippen LogP contribution in [0.3, 0.4) is 0 Å². The monoisotopic (exact) mass is 364 g/mol. The first-order chi connectivity index (χ1) is 10.9. The Bertz CT molecular complexity index is 541. The summed E-state index contributed by atoms with van der Waals surface area (Å²) in [5.74, 6) is 0.270. The molecule has 9 heteroatoms. The van der Waals surface area contributed by atoms with E-state index in [4.69, 9.17) is 37.4 Å². The lowest BCUT2D eigenvalue weighted by atomic mass is 10.1. The number of halogens is 2. The van der Waals surface area contributed by atoms with E-state index in [1.807, 2.05) is 0 Å². The van der Waals surface area contributed by atoms with E-state index in [1.54, 1.807) is 0 Å². The summed E-state index contributed by atoms with van der Waals surface area (Å²) >= 11 is 10.8. The Morgan fingerprint density at radius 1 is 1.00 bits per heavy atom. The molecule has 0 unspecified atom stereocenters. The summed E-state index contributed by atoms with van der Waals surface area (Å²) in [6.07, 6.45) is 0. The number of benzene rings is 1. The fourth-order valence-electron chi connectivity index (χ4n) is 1.75. The highest BCUT2D eigenvalue weighted by Crippen LogP contribution is 2.38. The number of amides is 2. The van der Waals surface area contributed by atoms with Gasteiger partial charge in [0.2, 0.25) is 5.75 Å². The molecular formula is C14H18Cl2N2O5. The number of hydrogen-bond donors (Lipinski definition) is 2. The number of rotatable bonds is 8. The molecule has 0 aliphatic rings. The van der Waals surface area contributed by atoms with Gasteiger partial charge in [0.05, 0.1) is 21.3 Å². The molecular weight excluding hydrogens is 347 g/mol. The Morgan fingerprint density at radius 2 is 1.52 bits per heavy atom. The van der Waals surface area contributed by atoms with Crippen molar-refractivity contribution in [1.82, 2.24) is 10.6 Å². The van der Waals surface area contributed by atoms with Crippen LogP contribution in [0.4, 0.5) is 0 Å². The van der Waals surface area contributed by atoms with Gasteiger partial charge < -0.3 is 24.8 Å². The van der Waals surface area contributed by atoms with Crippen molar-refractivity contribution < 1.29 is 23.8 Å². The first-order valence-corrected chi connectivity index (χ1v) is 7.46. The van der Waals surface area contributed by atoms with E-state index in [0.717, 1.165) is 0 Å². The molecule has 0 bridgehead atoms. The van der Waals surface area contributed by atoms with Gasteiger partial charge in [0.25, 0.3) is 11.8 Å². The molecule has 0 heterocycles. The van der Waals surface area contributed by atoms with Crippen LogP contribution in [0.1, 0.15) is 10.4 Å². The minimum Gasteiger partial charge on any atom is -0.493 e. The molecule has 0 spiro atoms. The van der Waals surface area contributed by atoms with Crippen molar-refractivity contribution in [2.45, 2.75) is 4.84 Å². The first-order valence-electron chi connectivity index (χ1n) is 6.58. The molecule has 0 atom stereocenters. The maximum Gasteiger partial charge on any atom is 0.253 e. The summed E-state index contributed by atoms with van der Waals surface area (Å²) in [7, 11) is 4.40. The van der Waals surface area contributed by atoms with Gasteiger partial charge in [0, 0.05) is 18.7 Å². The van der Waals surface area contributed by atoms with Gasteiger partial charge in [0.1, 0.15) is 0 Å².